The molecule has 0 amide bonds. The number of benzene rings is 2. The van der Waals surface area contributed by atoms with E-state index in [4.69, 9.17) is 23.2 Å². The van der Waals surface area contributed by atoms with Crippen LogP contribution in [-0.4, -0.2) is 27.4 Å². The van der Waals surface area contributed by atoms with E-state index in [1.54, 1.807) is 48.5 Å². The van der Waals surface area contributed by atoms with E-state index in [9.17, 15) is 14.9 Å². The van der Waals surface area contributed by atoms with E-state index in [1.807, 2.05) is 0 Å². The first kappa shape index (κ1) is 21.9. The van der Waals surface area contributed by atoms with Crippen molar-refractivity contribution in [1.29, 1.82) is 5.26 Å². The fourth-order valence-electron chi connectivity index (χ4n) is 2.26. The lowest BCUT2D eigenvalue weighted by molar-refractivity contribution is 0.101. The van der Waals surface area contributed by atoms with E-state index in [1.165, 1.54) is 23.5 Å². The van der Waals surface area contributed by atoms with Gasteiger partial charge in [0.25, 0.3) is 0 Å². The molecule has 0 spiro atoms. The molecule has 1 aromatic heterocycles. The van der Waals surface area contributed by atoms with Crippen molar-refractivity contribution in [3.8, 4) is 6.07 Å². The molecule has 0 aliphatic rings. The molecule has 146 valence electrons. The molecule has 3 rings (SSSR count). The molecule has 9 heteroatoms. The van der Waals surface area contributed by atoms with Gasteiger partial charge in [-0.2, -0.15) is 9.64 Å². The number of halogens is 2. The molecule has 3 aromatic rings. The summed E-state index contributed by atoms with van der Waals surface area (Å²) in [5, 5.41) is 11.1. The van der Waals surface area contributed by atoms with Gasteiger partial charge in [0, 0.05) is 21.2 Å². The Labute approximate surface area is 190 Å². The van der Waals surface area contributed by atoms with Gasteiger partial charge in [0.05, 0.1) is 11.5 Å². The van der Waals surface area contributed by atoms with E-state index in [0.717, 1.165) is 11.5 Å². The first-order valence-electron chi connectivity index (χ1n) is 8.21. The number of nitrogens with zero attached hydrogens (tertiary/aromatic N) is 2. The summed E-state index contributed by atoms with van der Waals surface area (Å²) in [5.41, 5.74) is 1.52. The predicted molar refractivity (Wildman–Crippen MR) is 120 cm³/mol. The zero-order valence-corrected chi connectivity index (χ0v) is 18.7. The van der Waals surface area contributed by atoms with Gasteiger partial charge in [-0.15, -0.1) is 11.8 Å². The Morgan fingerprint density at radius 3 is 1.86 bits per heavy atom. The summed E-state index contributed by atoms with van der Waals surface area (Å²) in [7, 11) is 0. The molecule has 0 unspecified atom stereocenters. The number of hydrogen-bond donors (Lipinski definition) is 0. The van der Waals surface area contributed by atoms with E-state index < -0.39 is 0 Å². The normalized spacial score (nSPS) is 10.5. The van der Waals surface area contributed by atoms with Crippen LogP contribution in [-0.2, 0) is 0 Å². The van der Waals surface area contributed by atoms with Crippen LogP contribution in [0.1, 0.15) is 26.3 Å². The third-order valence-electron chi connectivity index (χ3n) is 3.75. The van der Waals surface area contributed by atoms with Crippen molar-refractivity contribution >= 4 is 69.8 Å². The van der Waals surface area contributed by atoms with Gasteiger partial charge in [-0.1, -0.05) is 35.0 Å². The van der Waals surface area contributed by atoms with Crippen molar-refractivity contribution < 1.29 is 9.59 Å². The van der Waals surface area contributed by atoms with Crippen molar-refractivity contribution in [3.05, 3.63) is 75.3 Å². The van der Waals surface area contributed by atoms with E-state index in [2.05, 4.69) is 10.4 Å². The predicted octanol–water partition coefficient (Wildman–Crippen LogP) is 6.27. The summed E-state index contributed by atoms with van der Waals surface area (Å²) in [6, 6.07) is 15.5. The van der Waals surface area contributed by atoms with Crippen molar-refractivity contribution in [1.82, 2.24) is 4.37 Å². The van der Waals surface area contributed by atoms with Gasteiger partial charge >= 0.3 is 0 Å². The summed E-state index contributed by atoms with van der Waals surface area (Å²) in [6.45, 7) is 0. The summed E-state index contributed by atoms with van der Waals surface area (Å²) >= 11 is 15.3. The minimum absolute atomic E-state index is 0.0592. The standard InChI is InChI=1S/C20H12Cl2N2O2S3/c21-14-5-1-12(2-6-14)17(25)10-27-19-16(9-23)20(29-24-19)28-11-18(26)13-3-7-15(22)8-4-13/h1-8H,10-11H2. The fourth-order valence-corrected chi connectivity index (χ4v) is 5.39. The van der Waals surface area contributed by atoms with Gasteiger partial charge in [0.2, 0.25) is 0 Å². The van der Waals surface area contributed by atoms with Crippen LogP contribution in [0.25, 0.3) is 0 Å². The van der Waals surface area contributed by atoms with E-state index >= 15 is 0 Å². The first-order valence-corrected chi connectivity index (χ1v) is 11.7. The lowest BCUT2D eigenvalue weighted by Gasteiger charge is -2.01. The van der Waals surface area contributed by atoms with Crippen LogP contribution in [0.4, 0.5) is 0 Å². The number of carbonyl (C=O) groups excluding carboxylic acids is 2. The molecule has 0 radical (unpaired) electrons. The number of nitriles is 1. The Kier molecular flexibility index (Phi) is 7.76. The molecule has 0 atom stereocenters. The van der Waals surface area contributed by atoms with Crippen LogP contribution >= 0.6 is 58.3 Å². The average molecular weight is 479 g/mol. The average Bonchev–Trinajstić information content (AvgIpc) is 3.13. The molecule has 1 heterocycles. The highest BCUT2D eigenvalue weighted by molar-refractivity contribution is 8.02. The zero-order chi connectivity index (χ0) is 20.8. The minimum atomic E-state index is -0.0734. The van der Waals surface area contributed by atoms with Crippen molar-refractivity contribution in [2.24, 2.45) is 0 Å². The van der Waals surface area contributed by atoms with Gasteiger partial charge < -0.3 is 0 Å². The van der Waals surface area contributed by atoms with Crippen molar-refractivity contribution in [2.45, 2.75) is 9.24 Å². The molecule has 4 nitrogen and oxygen atoms in total. The van der Waals surface area contributed by atoms with Crippen LogP contribution in [0.15, 0.2) is 57.8 Å². The molecule has 0 saturated heterocycles. The smallest absolute Gasteiger partial charge is 0.173 e. The minimum Gasteiger partial charge on any atom is -0.293 e. The number of thioether (sulfide) groups is 2. The quantitative estimate of drug-likeness (QED) is 0.280. The van der Waals surface area contributed by atoms with Gasteiger partial charge in [-0.3, -0.25) is 9.59 Å². The van der Waals surface area contributed by atoms with Gasteiger partial charge in [0.15, 0.2) is 11.6 Å². The molecule has 2 aromatic carbocycles. The largest absolute Gasteiger partial charge is 0.293 e. The van der Waals surface area contributed by atoms with Crippen LogP contribution < -0.4 is 0 Å². The molecule has 0 saturated carbocycles. The molecule has 0 fully saturated rings. The van der Waals surface area contributed by atoms with Gasteiger partial charge in [-0.05, 0) is 60.1 Å². The number of hydrogen-bond acceptors (Lipinski definition) is 7. The topological polar surface area (TPSA) is 70.8 Å². The highest BCUT2D eigenvalue weighted by atomic mass is 35.5. The van der Waals surface area contributed by atoms with Gasteiger partial charge in [0.1, 0.15) is 20.9 Å². The lowest BCUT2D eigenvalue weighted by atomic mass is 10.1. The molecule has 0 bridgehead atoms. The Hall–Kier alpha value is -1.82. The number of Topliss-reactive ketones (excluding diaryl/α,β-unsaturated/α-hetero) is 2. The van der Waals surface area contributed by atoms with Crippen LogP contribution in [0.2, 0.25) is 10.0 Å². The molecule has 29 heavy (non-hydrogen) atoms. The molecular formula is C20H12Cl2N2O2S3. The Morgan fingerprint density at radius 2 is 1.38 bits per heavy atom. The van der Waals surface area contributed by atoms with Crippen LogP contribution in [0.5, 0.6) is 0 Å². The number of rotatable bonds is 8. The van der Waals surface area contributed by atoms with E-state index in [-0.39, 0.29) is 23.1 Å². The second-order valence-corrected chi connectivity index (χ2v) is 9.55. The second kappa shape index (κ2) is 10.3. The van der Waals surface area contributed by atoms with Crippen molar-refractivity contribution in [2.75, 3.05) is 11.5 Å². The maximum absolute atomic E-state index is 12.3. The number of carbonyl (C=O) groups is 2. The maximum Gasteiger partial charge on any atom is 0.173 e. The van der Waals surface area contributed by atoms with Crippen molar-refractivity contribution in [3.63, 3.8) is 0 Å². The first-order chi connectivity index (χ1) is 14.0. The summed E-state index contributed by atoms with van der Waals surface area (Å²) in [6.07, 6.45) is 0. The highest BCUT2D eigenvalue weighted by Crippen LogP contribution is 2.34. The Bertz CT molecular complexity index is 996. The summed E-state index contributed by atoms with van der Waals surface area (Å²) < 4.78 is 4.95. The molecule has 0 N–H and O–H groups in total. The highest BCUT2D eigenvalue weighted by Gasteiger charge is 2.18. The van der Waals surface area contributed by atoms with Gasteiger partial charge in [-0.25, -0.2) is 0 Å². The third kappa shape index (κ3) is 5.84. The maximum atomic E-state index is 12.3. The summed E-state index contributed by atoms with van der Waals surface area (Å²) in [4.78, 5) is 24.6. The van der Waals surface area contributed by atoms with Crippen LogP contribution in [0, 0.1) is 11.3 Å². The molecular weight excluding hydrogens is 467 g/mol. The van der Waals surface area contributed by atoms with E-state index in [0.29, 0.717) is 36.0 Å². The number of aromatic nitrogens is 1. The lowest BCUT2D eigenvalue weighted by Crippen LogP contribution is -2.02. The summed E-state index contributed by atoms with van der Waals surface area (Å²) in [5.74, 6) is 0.215. The Balaban J connectivity index is 1.61. The second-order valence-electron chi connectivity index (χ2n) is 5.70. The molecule has 0 aliphatic heterocycles. The monoisotopic (exact) mass is 478 g/mol. The third-order valence-corrected chi connectivity index (χ3v) is 7.44. The fraction of sp³-hybridized carbons (Fsp3) is 0.100. The Morgan fingerprint density at radius 1 is 0.897 bits per heavy atom. The molecule has 0 aliphatic carbocycles. The number of ketones is 2. The van der Waals surface area contributed by atoms with Crippen LogP contribution in [0.3, 0.4) is 0 Å². The SMILES string of the molecule is N#Cc1c(SCC(=O)c2ccc(Cl)cc2)nsc1SCC(=O)c1ccc(Cl)cc1. The zero-order valence-electron chi connectivity index (χ0n) is 14.7.